The highest BCUT2D eigenvalue weighted by molar-refractivity contribution is 14.1. The normalized spacial score (nSPS) is 11.8. The van der Waals surface area contributed by atoms with Crippen LogP contribution >= 0.6 is 126 Å². The molecule has 0 aliphatic rings. The van der Waals surface area contributed by atoms with Crippen LogP contribution in [0.4, 0.5) is 14.4 Å². The highest BCUT2D eigenvalue weighted by atomic mass is 127. The summed E-state index contributed by atoms with van der Waals surface area (Å²) in [6, 6.07) is 22.0. The number of halogens is 9. The van der Waals surface area contributed by atoms with E-state index in [4.69, 9.17) is 121 Å². The number of carbonyl (C=O) groups is 10. The number of nitrogens with zero attached hydrogens (tertiary/aromatic N) is 3. The monoisotopic (exact) mass is 1970 g/mol. The van der Waals surface area contributed by atoms with Crippen molar-refractivity contribution < 1.29 is 86.9 Å². The molecule has 3 amide bonds. The van der Waals surface area contributed by atoms with Gasteiger partial charge < -0.3 is 89.5 Å². The summed E-state index contributed by atoms with van der Waals surface area (Å²) >= 11 is 43.2. The number of ether oxygens (including phenoxy) is 5. The van der Waals surface area contributed by atoms with Crippen LogP contribution in [0.1, 0.15) is 149 Å². The molecule has 0 aromatic heterocycles. The van der Waals surface area contributed by atoms with Crippen molar-refractivity contribution in [2.75, 3.05) is 79.0 Å². The van der Waals surface area contributed by atoms with Crippen LogP contribution in [-0.4, -0.2) is 232 Å². The Balaban J connectivity index is 0. The van der Waals surface area contributed by atoms with E-state index in [1.807, 2.05) is 135 Å². The number of benzene rings is 4. The molecule has 0 bridgehead atoms. The number of aryl methyl sites for hydroxylation is 4. The van der Waals surface area contributed by atoms with Crippen LogP contribution in [0.3, 0.4) is 0 Å². The van der Waals surface area contributed by atoms with Crippen molar-refractivity contribution in [3.63, 3.8) is 0 Å². The van der Waals surface area contributed by atoms with Crippen LogP contribution in [0.25, 0.3) is 0 Å². The molecule has 0 saturated carbocycles. The number of nitrogens with one attached hydrogen (secondary N) is 3. The Kier molecular flexibility index (Phi) is 62.6. The number of aliphatic hydroxyl groups is 2. The number of alkyl halides is 7. The molecule has 8 N–H and O–H groups in total. The summed E-state index contributed by atoms with van der Waals surface area (Å²) in [4.78, 5) is 117. The van der Waals surface area contributed by atoms with Crippen molar-refractivity contribution in [2.45, 2.75) is 202 Å². The third-order valence-corrected chi connectivity index (χ3v) is 18.7. The summed E-state index contributed by atoms with van der Waals surface area (Å²) in [6.45, 7) is 27.0. The number of carboxylic acids is 1. The topological polar surface area (TPSA) is 349 Å². The van der Waals surface area contributed by atoms with Gasteiger partial charge in [-0.1, -0.05) is 89.3 Å². The van der Waals surface area contributed by atoms with Gasteiger partial charge in [-0.2, -0.15) is 0 Å². The molecule has 4 atom stereocenters. The van der Waals surface area contributed by atoms with Gasteiger partial charge in [0.2, 0.25) is 0 Å². The Morgan fingerprint density at radius 1 is 0.470 bits per heavy atom. The van der Waals surface area contributed by atoms with E-state index in [2.05, 4.69) is 67.8 Å². The third kappa shape index (κ3) is 57.2. The summed E-state index contributed by atoms with van der Waals surface area (Å²) < 4.78 is 28.6. The van der Waals surface area contributed by atoms with E-state index in [1.165, 1.54) is 46.1 Å². The van der Waals surface area contributed by atoms with Crippen LogP contribution in [0.5, 0.6) is 0 Å². The minimum absolute atomic E-state index is 0.0299. The van der Waals surface area contributed by atoms with E-state index in [1.54, 1.807) is 20.8 Å². The number of aliphatic hydroxyl groups excluding tert-OH is 2. The van der Waals surface area contributed by atoms with Crippen LogP contribution in [0, 0.1) is 31.3 Å². The van der Waals surface area contributed by atoms with Gasteiger partial charge in [0.15, 0.2) is 0 Å². The van der Waals surface area contributed by atoms with Crippen molar-refractivity contribution in [2.24, 2.45) is 5.73 Å². The Bertz CT molecular complexity index is 3520. The quantitative estimate of drug-likeness (QED) is 0.00317. The minimum Gasteiger partial charge on any atom is -0.481 e. The molecule has 25 nitrogen and oxygen atoms in total. The number of amides is 3. The number of nitrogens with two attached hydrogens (primary N) is 1. The van der Waals surface area contributed by atoms with Crippen LogP contribution in [0.2, 0.25) is 0 Å². The van der Waals surface area contributed by atoms with Crippen LogP contribution in [0.15, 0.2) is 72.8 Å². The molecule has 0 saturated heterocycles. The lowest BCUT2D eigenvalue weighted by molar-refractivity contribution is -0.156. The van der Waals surface area contributed by atoms with Crippen molar-refractivity contribution >= 4 is 209 Å². The van der Waals surface area contributed by atoms with E-state index in [9.17, 15) is 53.1 Å². The van der Waals surface area contributed by atoms with Crippen molar-refractivity contribution in [3.8, 4) is 0 Å². The van der Waals surface area contributed by atoms with Gasteiger partial charge in [-0.25, -0.2) is 9.59 Å². The molecule has 0 unspecified atom stereocenters. The zero-order valence-corrected chi connectivity index (χ0v) is 77.6. The van der Waals surface area contributed by atoms with Gasteiger partial charge in [0.1, 0.15) is 30.0 Å². The Morgan fingerprint density at radius 3 is 1.06 bits per heavy atom. The fourth-order valence-electron chi connectivity index (χ4n) is 9.74. The van der Waals surface area contributed by atoms with Gasteiger partial charge in [-0.3, -0.25) is 24.0 Å². The highest BCUT2D eigenvalue weighted by Gasteiger charge is 2.25. The number of carboxylic acid groups (broad SMARTS) is 1. The summed E-state index contributed by atoms with van der Waals surface area (Å²) in [5, 5.41) is 35.1. The van der Waals surface area contributed by atoms with Crippen LogP contribution < -0.4 is 21.4 Å². The van der Waals surface area contributed by atoms with E-state index in [0.717, 1.165) is 60.1 Å². The molecule has 4 aromatic rings. The molecule has 0 heterocycles. The maximum Gasteiger partial charge on any atom is 0.410 e. The molecule has 0 aliphatic heterocycles. The van der Waals surface area contributed by atoms with Crippen molar-refractivity contribution in [1.82, 2.24) is 30.4 Å². The smallest absolute Gasteiger partial charge is 0.410 e. The molecular formula is C78H114B3Cl7I2N7O18. The van der Waals surface area contributed by atoms with E-state index >= 15 is 0 Å². The fraction of sp³-hybridized carbons (Fsp3) is 0.564. The molecule has 4 rings (SSSR count). The second-order valence-corrected chi connectivity index (χ2v) is 33.3. The Hall–Kier alpha value is -4.78. The summed E-state index contributed by atoms with van der Waals surface area (Å²) in [7, 11) is 3.87. The highest BCUT2D eigenvalue weighted by Crippen LogP contribution is 2.22. The lowest BCUT2D eigenvalue weighted by Crippen LogP contribution is -2.38. The molecule has 641 valence electrons. The first-order valence-electron chi connectivity index (χ1n) is 36.7. The zero-order chi connectivity index (χ0) is 87.9. The van der Waals surface area contributed by atoms with Gasteiger partial charge in [0.05, 0.1) is 57.5 Å². The molecule has 4 aromatic carbocycles. The van der Waals surface area contributed by atoms with Gasteiger partial charge in [0.25, 0.3) is 22.2 Å². The van der Waals surface area contributed by atoms with E-state index < -0.39 is 46.4 Å². The zero-order valence-electron chi connectivity index (χ0n) is 68.0. The van der Waals surface area contributed by atoms with Gasteiger partial charge in [-0.05, 0) is 211 Å². The van der Waals surface area contributed by atoms with Gasteiger partial charge in [-0.15, -0.1) is 69.6 Å². The van der Waals surface area contributed by atoms with Gasteiger partial charge >= 0.3 is 41.4 Å². The number of aliphatic carboxylic acids is 1. The molecule has 0 aliphatic carbocycles. The Morgan fingerprint density at radius 2 is 0.765 bits per heavy atom. The first kappa shape index (κ1) is 112. The molecular weight excluding hydrogens is 1860 g/mol. The van der Waals surface area contributed by atoms with Crippen molar-refractivity contribution in [1.29, 1.82) is 0 Å². The van der Waals surface area contributed by atoms with Crippen molar-refractivity contribution in [3.05, 3.63) is 138 Å². The minimum atomic E-state index is -0.922. The van der Waals surface area contributed by atoms with Gasteiger partial charge in [0, 0.05) is 107 Å². The fourth-order valence-corrected chi connectivity index (χ4v) is 12.3. The second kappa shape index (κ2) is 64.1. The maximum absolute atomic E-state index is 12.3. The number of esters is 3. The summed E-state index contributed by atoms with van der Waals surface area (Å²) in [5.41, 5.74) is 15.0. The van der Waals surface area contributed by atoms with Crippen LogP contribution in [-0.2, 0) is 103 Å². The number of carbonyl (C=O) groups excluding carboxylic acids is 9. The lowest BCUT2D eigenvalue weighted by Gasteiger charge is -2.23. The first-order chi connectivity index (χ1) is 54.0. The number of rotatable bonds is 42. The number of hydrogen-bond donors (Lipinski definition) is 7. The SMILES string of the molecule is CC(C)(C)OC(=O)C[C@H](CI)N[B]C=O.Cc1ccc(CO)cc1C[C@@H](CC(=O)OC(C)(C)C)N[B]C=O.Cc1ccc(CO)cc1I.Cc1ccc(COC(=O)N(CCCl)CCCl)cc1C[C@@H](CC(=O)OC(C)(C)C)N[B]C=O.Cc1ccc(COC(=O)N(CCCl)CCCl)cc1C[C@H](N)CC(=O)O.O=C(Cl)N(CCCl)CCCl. The van der Waals surface area contributed by atoms with E-state index in [0.29, 0.717) is 112 Å². The Labute approximate surface area is 744 Å². The predicted octanol–water partition coefficient (Wildman–Crippen LogP) is 12.9. The third-order valence-electron chi connectivity index (χ3n) is 15.2. The van der Waals surface area contributed by atoms with E-state index in [-0.39, 0.29) is 88.1 Å². The maximum atomic E-state index is 12.3. The average molecular weight is 1970 g/mol. The lowest BCUT2D eigenvalue weighted by atomic mass is 9.91. The predicted molar refractivity (Wildman–Crippen MR) is 480 cm³/mol. The molecule has 115 heavy (non-hydrogen) atoms. The molecule has 3 radical (unpaired) electrons. The number of hydrogen-bond acceptors (Lipinski definition) is 21. The summed E-state index contributed by atoms with van der Waals surface area (Å²) in [5.74, 6) is 0.134. The standard InChI is InChI=1S/C22H32BCl2N2O5.C17H25BNO4.C17H24Cl2N2O4.C9H16BINO3.C8H9IO.C5H8Cl3NO/c1-16-5-6-17(14-31-21(30)27(9-7-24)10-8-25)11-18(16)12-19(26-23-15-28)13-20(29)32-22(2,3)4;1-12-5-6-13(10-20)7-14(12)8-15(19-18-11-21)9-16(22)23-17(2,3)4;1-12-2-3-13(8-14(12)9-15(20)10-16(22)23)11-25-17(24)21(6-4-18)7-5-19;1-9(2,3)15-8(14)4-7(5-11)12-10-6-13;1-6-2-3-7(5-10)4-8(6)9;6-1-3-9(4-2-7)5(8)10/h5-6,11,15,19,26H,7-10,12-14H2,1-4H3;5-7,11,15,19-20H,8-10H2,1-4H3;2-3,8,15H,4-7,9-11,20H2,1H3,(H,22,23);6-7,12H,4-5H2,1-3H3;2-4,10H,5H2,1H3;1-4H2/t19-;2*15-;7-;;/m0001../s1. The second-order valence-electron chi connectivity index (χ2n) is 28.6. The summed E-state index contributed by atoms with van der Waals surface area (Å²) in [6.07, 6.45) is 2.94. The first-order valence-corrected chi connectivity index (χ1v) is 42.9. The molecule has 0 fully saturated rings. The molecule has 37 heteroatoms. The molecule has 0 spiro atoms. The average Bonchev–Trinajstić information content (AvgIpc) is 0.866. The largest absolute Gasteiger partial charge is 0.481 e.